The number of amides is 2. The SMILES string of the molecule is CC(C)CCNC(=O)[C@H]1c2c(n(C)c3ccccc23)SCC(=O)N1c1ccc2c(c1)OCO2. The number of ether oxygens (including phenoxy) is 2. The van der Waals surface area contributed by atoms with Crippen molar-refractivity contribution in [1.29, 1.82) is 0 Å². The second kappa shape index (κ2) is 8.67. The summed E-state index contributed by atoms with van der Waals surface area (Å²) in [5.74, 6) is 1.62. The highest BCUT2D eigenvalue weighted by atomic mass is 32.2. The largest absolute Gasteiger partial charge is 0.454 e. The Morgan fingerprint density at radius 3 is 2.79 bits per heavy atom. The number of para-hydroxylation sites is 1. The molecular formula is C25H27N3O4S. The van der Waals surface area contributed by atoms with Crippen LogP contribution in [0.15, 0.2) is 47.5 Å². The third-order valence-electron chi connectivity index (χ3n) is 6.13. The molecule has 5 rings (SSSR count). The van der Waals surface area contributed by atoms with Crippen molar-refractivity contribution in [3.63, 3.8) is 0 Å². The van der Waals surface area contributed by atoms with Crippen molar-refractivity contribution in [2.45, 2.75) is 31.3 Å². The Morgan fingerprint density at radius 2 is 1.97 bits per heavy atom. The molecule has 0 fully saturated rings. The summed E-state index contributed by atoms with van der Waals surface area (Å²) >= 11 is 1.48. The second-order valence-corrected chi connectivity index (χ2v) is 9.73. The fourth-order valence-electron chi connectivity index (χ4n) is 4.47. The molecule has 1 aromatic heterocycles. The number of carbonyl (C=O) groups is 2. The summed E-state index contributed by atoms with van der Waals surface area (Å²) in [4.78, 5) is 28.8. The monoisotopic (exact) mass is 465 g/mol. The summed E-state index contributed by atoms with van der Waals surface area (Å²) in [7, 11) is 1.99. The van der Waals surface area contributed by atoms with Crippen LogP contribution in [0.3, 0.4) is 0 Å². The zero-order chi connectivity index (χ0) is 23.1. The molecule has 1 N–H and O–H groups in total. The quantitative estimate of drug-likeness (QED) is 0.610. The van der Waals surface area contributed by atoms with E-state index in [0.717, 1.165) is 27.9 Å². The predicted octanol–water partition coefficient (Wildman–Crippen LogP) is 4.25. The summed E-state index contributed by atoms with van der Waals surface area (Å²) in [6.45, 7) is 4.96. The number of carbonyl (C=O) groups excluding carboxylic acids is 2. The van der Waals surface area contributed by atoms with E-state index in [1.54, 1.807) is 17.0 Å². The van der Waals surface area contributed by atoms with E-state index in [1.807, 2.05) is 37.4 Å². The van der Waals surface area contributed by atoms with Crippen molar-refractivity contribution in [3.05, 3.63) is 48.0 Å². The van der Waals surface area contributed by atoms with Crippen LogP contribution >= 0.6 is 11.8 Å². The Kier molecular flexibility index (Phi) is 5.70. The molecule has 8 heteroatoms. The maximum absolute atomic E-state index is 13.7. The number of rotatable bonds is 5. The molecule has 3 aromatic rings. The van der Waals surface area contributed by atoms with Gasteiger partial charge in [0.25, 0.3) is 0 Å². The Morgan fingerprint density at radius 1 is 1.18 bits per heavy atom. The van der Waals surface area contributed by atoms with E-state index in [-0.39, 0.29) is 24.4 Å². The van der Waals surface area contributed by atoms with Gasteiger partial charge < -0.3 is 19.4 Å². The minimum absolute atomic E-state index is 0.122. The number of nitrogens with one attached hydrogen (secondary N) is 1. The zero-order valence-corrected chi connectivity index (χ0v) is 19.8. The molecule has 2 aliphatic rings. The molecule has 2 amide bonds. The normalized spacial score (nSPS) is 17.4. The molecule has 2 aromatic carbocycles. The molecule has 0 radical (unpaired) electrons. The van der Waals surface area contributed by atoms with Crippen LogP contribution in [0, 0.1) is 5.92 Å². The zero-order valence-electron chi connectivity index (χ0n) is 19.0. The van der Waals surface area contributed by atoms with Gasteiger partial charge in [0.2, 0.25) is 18.6 Å². The van der Waals surface area contributed by atoms with Crippen molar-refractivity contribution < 1.29 is 19.1 Å². The highest BCUT2D eigenvalue weighted by Crippen LogP contribution is 2.45. The van der Waals surface area contributed by atoms with Crippen LogP contribution in [0.1, 0.15) is 31.9 Å². The summed E-state index contributed by atoms with van der Waals surface area (Å²) in [5.41, 5.74) is 2.52. The van der Waals surface area contributed by atoms with Gasteiger partial charge in [0, 0.05) is 41.8 Å². The number of hydrogen-bond acceptors (Lipinski definition) is 5. The van der Waals surface area contributed by atoms with Gasteiger partial charge in [-0.15, -0.1) is 0 Å². The first-order chi connectivity index (χ1) is 16.0. The maximum Gasteiger partial charge on any atom is 0.247 e. The van der Waals surface area contributed by atoms with Crippen molar-refractivity contribution in [3.8, 4) is 11.5 Å². The molecule has 0 saturated carbocycles. The van der Waals surface area contributed by atoms with Crippen LogP contribution in [-0.2, 0) is 16.6 Å². The van der Waals surface area contributed by atoms with Gasteiger partial charge in [-0.2, -0.15) is 0 Å². The van der Waals surface area contributed by atoms with E-state index in [4.69, 9.17) is 9.47 Å². The number of fused-ring (bicyclic) bond motifs is 4. The Bertz CT molecular complexity index is 1240. The number of hydrogen-bond donors (Lipinski definition) is 1. The second-order valence-electron chi connectivity index (χ2n) is 8.76. The number of aryl methyl sites for hydroxylation is 1. The van der Waals surface area contributed by atoms with Crippen LogP contribution in [-0.4, -0.2) is 35.5 Å². The van der Waals surface area contributed by atoms with Crippen LogP contribution in [0.5, 0.6) is 11.5 Å². The van der Waals surface area contributed by atoms with Crippen LogP contribution in [0.2, 0.25) is 0 Å². The van der Waals surface area contributed by atoms with Crippen LogP contribution < -0.4 is 19.7 Å². The number of anilines is 1. The van der Waals surface area contributed by atoms with Gasteiger partial charge in [-0.05, 0) is 30.5 Å². The first kappa shape index (κ1) is 21.7. The van der Waals surface area contributed by atoms with E-state index in [0.29, 0.717) is 29.6 Å². The molecule has 1 atom stereocenters. The lowest BCUT2D eigenvalue weighted by Gasteiger charge is -2.30. The van der Waals surface area contributed by atoms with Crippen LogP contribution in [0.25, 0.3) is 10.9 Å². The predicted molar refractivity (Wildman–Crippen MR) is 129 cm³/mol. The topological polar surface area (TPSA) is 72.8 Å². The van der Waals surface area contributed by atoms with Crippen molar-refractivity contribution in [2.24, 2.45) is 13.0 Å². The number of benzene rings is 2. The van der Waals surface area contributed by atoms with Crippen molar-refractivity contribution in [2.75, 3.05) is 24.0 Å². The van der Waals surface area contributed by atoms with Gasteiger partial charge in [0.15, 0.2) is 11.5 Å². The lowest BCUT2D eigenvalue weighted by Crippen LogP contribution is -2.44. The van der Waals surface area contributed by atoms with Gasteiger partial charge in [0.1, 0.15) is 6.04 Å². The molecule has 3 heterocycles. The molecule has 0 unspecified atom stereocenters. The van der Waals surface area contributed by atoms with Crippen molar-refractivity contribution >= 4 is 40.2 Å². The van der Waals surface area contributed by atoms with Gasteiger partial charge in [-0.3, -0.25) is 14.5 Å². The minimum Gasteiger partial charge on any atom is -0.454 e. The molecule has 2 aliphatic heterocycles. The third kappa shape index (κ3) is 3.82. The smallest absolute Gasteiger partial charge is 0.247 e. The summed E-state index contributed by atoms with van der Waals surface area (Å²) in [6.07, 6.45) is 0.869. The number of thioether (sulfide) groups is 1. The lowest BCUT2D eigenvalue weighted by molar-refractivity contribution is -0.125. The van der Waals surface area contributed by atoms with Crippen LogP contribution in [0.4, 0.5) is 5.69 Å². The van der Waals surface area contributed by atoms with E-state index in [1.165, 1.54) is 11.8 Å². The maximum atomic E-state index is 13.7. The third-order valence-corrected chi connectivity index (χ3v) is 7.29. The molecule has 172 valence electrons. The van der Waals surface area contributed by atoms with Gasteiger partial charge in [-0.1, -0.05) is 43.8 Å². The minimum atomic E-state index is -0.791. The van der Waals surface area contributed by atoms with Gasteiger partial charge in [0.05, 0.1) is 10.8 Å². The van der Waals surface area contributed by atoms with E-state index in [9.17, 15) is 9.59 Å². The molecule has 0 bridgehead atoms. The summed E-state index contributed by atoms with van der Waals surface area (Å²) < 4.78 is 13.1. The Hall–Kier alpha value is -3.13. The first-order valence-corrected chi connectivity index (χ1v) is 12.1. The molecule has 7 nitrogen and oxygen atoms in total. The highest BCUT2D eigenvalue weighted by Gasteiger charge is 2.40. The number of aromatic nitrogens is 1. The molecular weight excluding hydrogens is 438 g/mol. The fourth-order valence-corrected chi connectivity index (χ4v) is 5.54. The molecule has 0 aliphatic carbocycles. The van der Waals surface area contributed by atoms with E-state index >= 15 is 0 Å². The van der Waals surface area contributed by atoms with Gasteiger partial charge >= 0.3 is 0 Å². The van der Waals surface area contributed by atoms with E-state index < -0.39 is 6.04 Å². The number of nitrogens with zero attached hydrogens (tertiary/aromatic N) is 2. The van der Waals surface area contributed by atoms with Gasteiger partial charge in [-0.25, -0.2) is 0 Å². The Balaban J connectivity index is 1.66. The average Bonchev–Trinajstić information content (AvgIpc) is 3.33. The first-order valence-electron chi connectivity index (χ1n) is 11.1. The molecule has 0 spiro atoms. The highest BCUT2D eigenvalue weighted by molar-refractivity contribution is 8.00. The lowest BCUT2D eigenvalue weighted by atomic mass is 10.0. The Labute approximate surface area is 197 Å². The standard InChI is InChI=1S/C25H27N3O4S/c1-15(2)10-11-26-24(30)23-22-17-6-4-5-7-18(17)27(3)25(22)33-13-21(29)28(23)16-8-9-19-20(12-16)32-14-31-19/h4-9,12,15,23H,10-11,13-14H2,1-3H3,(H,26,30)/t23-/m1/s1. The molecule has 0 saturated heterocycles. The fraction of sp³-hybridized carbons (Fsp3) is 0.360. The average molecular weight is 466 g/mol. The van der Waals surface area contributed by atoms with Crippen molar-refractivity contribution in [1.82, 2.24) is 9.88 Å². The summed E-state index contributed by atoms with van der Waals surface area (Å²) in [6, 6.07) is 12.6. The summed E-state index contributed by atoms with van der Waals surface area (Å²) in [5, 5.41) is 5.01. The molecule has 33 heavy (non-hydrogen) atoms. The van der Waals surface area contributed by atoms with E-state index in [2.05, 4.69) is 23.7 Å².